The van der Waals surface area contributed by atoms with E-state index in [-0.39, 0.29) is 0 Å². The Labute approximate surface area is 149 Å². The van der Waals surface area contributed by atoms with Crippen LogP contribution in [0.1, 0.15) is 25.3 Å². The Morgan fingerprint density at radius 1 is 1.21 bits per heavy atom. The van der Waals surface area contributed by atoms with Gasteiger partial charge in [-0.2, -0.15) is 0 Å². The third kappa shape index (κ3) is 4.26. The van der Waals surface area contributed by atoms with E-state index in [4.69, 9.17) is 17.0 Å². The lowest BCUT2D eigenvalue weighted by molar-refractivity contribution is 0.298. The Hall–Kier alpha value is -2.07. The maximum atomic E-state index is 5.73. The maximum Gasteiger partial charge on any atom is 0.173 e. The number of nitrogens with one attached hydrogen (secondary N) is 1. The lowest BCUT2D eigenvalue weighted by atomic mass is 10.1. The lowest BCUT2D eigenvalue weighted by Crippen LogP contribution is -2.41. The summed E-state index contributed by atoms with van der Waals surface area (Å²) in [4.78, 5) is 2.31. The fourth-order valence-corrected chi connectivity index (χ4v) is 3.26. The molecule has 0 radical (unpaired) electrons. The van der Waals surface area contributed by atoms with Crippen LogP contribution in [0.5, 0.6) is 5.75 Å². The molecule has 0 saturated heterocycles. The first-order chi connectivity index (χ1) is 11.7. The molecule has 3 nitrogen and oxygen atoms in total. The number of ether oxygens (including phenoxy) is 1. The fraction of sp³-hybridized carbons (Fsp3) is 0.350. The van der Waals surface area contributed by atoms with Crippen molar-refractivity contribution in [2.45, 2.75) is 32.4 Å². The van der Waals surface area contributed by atoms with Crippen LogP contribution < -0.4 is 10.1 Å². The monoisotopic (exact) mass is 340 g/mol. The molecule has 2 aromatic carbocycles. The Kier molecular flexibility index (Phi) is 5.36. The van der Waals surface area contributed by atoms with Gasteiger partial charge >= 0.3 is 0 Å². The number of methoxy groups -OCH3 is 1. The Morgan fingerprint density at radius 2 is 1.96 bits per heavy atom. The van der Waals surface area contributed by atoms with Crippen molar-refractivity contribution in [2.75, 3.05) is 12.4 Å². The van der Waals surface area contributed by atoms with Crippen molar-refractivity contribution in [3.8, 4) is 5.75 Å². The molecule has 0 spiro atoms. The number of nitrogens with zero attached hydrogens (tertiary/aromatic N) is 1. The van der Waals surface area contributed by atoms with Crippen LogP contribution >= 0.6 is 12.2 Å². The van der Waals surface area contributed by atoms with Gasteiger partial charge in [-0.15, -0.1) is 0 Å². The van der Waals surface area contributed by atoms with Gasteiger partial charge in [0.05, 0.1) is 7.11 Å². The number of thiocarbonyl (C=S) groups is 1. The highest BCUT2D eigenvalue weighted by Gasteiger charge is 2.33. The van der Waals surface area contributed by atoms with E-state index in [0.29, 0.717) is 6.04 Å². The van der Waals surface area contributed by atoms with Gasteiger partial charge in [-0.05, 0) is 55.6 Å². The highest BCUT2D eigenvalue weighted by Crippen LogP contribution is 2.36. The number of hydrogen-bond acceptors (Lipinski definition) is 2. The van der Waals surface area contributed by atoms with Gasteiger partial charge in [-0.1, -0.05) is 36.4 Å². The Morgan fingerprint density at radius 3 is 2.62 bits per heavy atom. The van der Waals surface area contributed by atoms with Crippen LogP contribution in [0.25, 0.3) is 0 Å². The highest BCUT2D eigenvalue weighted by molar-refractivity contribution is 7.80. The average Bonchev–Trinajstić information content (AvgIpc) is 3.45. The van der Waals surface area contributed by atoms with E-state index in [2.05, 4.69) is 41.4 Å². The molecule has 1 aliphatic rings. The summed E-state index contributed by atoms with van der Waals surface area (Å²) in [5.41, 5.74) is 2.24. The van der Waals surface area contributed by atoms with Gasteiger partial charge < -0.3 is 15.0 Å². The van der Waals surface area contributed by atoms with Crippen LogP contribution in [0, 0.1) is 5.92 Å². The van der Waals surface area contributed by atoms with E-state index in [1.54, 1.807) is 7.11 Å². The summed E-state index contributed by atoms with van der Waals surface area (Å²) >= 11 is 5.73. The molecule has 0 amide bonds. The number of anilines is 1. The third-order valence-electron chi connectivity index (χ3n) is 4.57. The maximum absolute atomic E-state index is 5.73. The minimum Gasteiger partial charge on any atom is -0.497 e. The Balaban J connectivity index is 1.74. The zero-order valence-electron chi connectivity index (χ0n) is 14.2. The first-order valence-electron chi connectivity index (χ1n) is 8.43. The summed E-state index contributed by atoms with van der Waals surface area (Å²) in [6.07, 6.45) is 2.60. The summed E-state index contributed by atoms with van der Waals surface area (Å²) in [6.45, 7) is 3.11. The van der Waals surface area contributed by atoms with E-state index in [0.717, 1.165) is 29.0 Å². The number of hydrogen-bond donors (Lipinski definition) is 1. The van der Waals surface area contributed by atoms with Crippen molar-refractivity contribution < 1.29 is 4.74 Å². The van der Waals surface area contributed by atoms with E-state index in [1.165, 1.54) is 18.4 Å². The molecule has 126 valence electrons. The Bertz CT molecular complexity index is 685. The molecule has 1 aliphatic carbocycles. The third-order valence-corrected chi connectivity index (χ3v) is 4.91. The van der Waals surface area contributed by atoms with Crippen molar-refractivity contribution in [1.29, 1.82) is 0 Å². The van der Waals surface area contributed by atoms with Crippen LogP contribution in [-0.2, 0) is 6.54 Å². The second-order valence-corrected chi connectivity index (χ2v) is 6.74. The number of benzene rings is 2. The van der Waals surface area contributed by atoms with Crippen molar-refractivity contribution in [3.63, 3.8) is 0 Å². The molecule has 1 atom stereocenters. The molecular weight excluding hydrogens is 316 g/mol. The minimum absolute atomic E-state index is 0.441. The van der Waals surface area contributed by atoms with Gasteiger partial charge in [0.1, 0.15) is 5.75 Å². The smallest absolute Gasteiger partial charge is 0.173 e. The van der Waals surface area contributed by atoms with Gasteiger partial charge in [0, 0.05) is 24.3 Å². The van der Waals surface area contributed by atoms with E-state index in [9.17, 15) is 0 Å². The van der Waals surface area contributed by atoms with Crippen molar-refractivity contribution in [3.05, 3.63) is 60.2 Å². The predicted molar refractivity (Wildman–Crippen MR) is 103 cm³/mol. The molecule has 0 heterocycles. The summed E-state index contributed by atoms with van der Waals surface area (Å²) < 4.78 is 5.29. The molecule has 24 heavy (non-hydrogen) atoms. The second kappa shape index (κ2) is 7.67. The zero-order valence-corrected chi connectivity index (χ0v) is 15.1. The molecule has 0 aliphatic heterocycles. The second-order valence-electron chi connectivity index (χ2n) is 6.35. The SMILES string of the molecule is COc1cccc(NC(=S)N(Cc2ccccc2)[C@H](C)C2CC2)c1. The molecular formula is C20H24N2OS. The number of rotatable bonds is 6. The van der Waals surface area contributed by atoms with Crippen molar-refractivity contribution >= 4 is 23.0 Å². The van der Waals surface area contributed by atoms with Crippen molar-refractivity contribution in [2.24, 2.45) is 5.92 Å². The highest BCUT2D eigenvalue weighted by atomic mass is 32.1. The van der Waals surface area contributed by atoms with Crippen LogP contribution in [0.3, 0.4) is 0 Å². The van der Waals surface area contributed by atoms with Crippen LogP contribution in [-0.4, -0.2) is 23.2 Å². The summed E-state index contributed by atoms with van der Waals surface area (Å²) in [7, 11) is 1.67. The quantitative estimate of drug-likeness (QED) is 0.771. The van der Waals surface area contributed by atoms with Gasteiger partial charge in [0.2, 0.25) is 0 Å². The molecule has 1 N–H and O–H groups in total. The van der Waals surface area contributed by atoms with Gasteiger partial charge in [-0.3, -0.25) is 0 Å². The first-order valence-corrected chi connectivity index (χ1v) is 8.84. The molecule has 1 fully saturated rings. The van der Waals surface area contributed by atoms with Gasteiger partial charge in [-0.25, -0.2) is 0 Å². The summed E-state index contributed by atoms with van der Waals surface area (Å²) in [6, 6.07) is 18.8. The normalized spacial score (nSPS) is 14.8. The van der Waals surface area contributed by atoms with Crippen molar-refractivity contribution in [1.82, 2.24) is 4.90 Å². The standard InChI is InChI=1S/C20H24N2OS/c1-15(17-11-12-17)22(14-16-7-4-3-5-8-16)20(24)21-18-9-6-10-19(13-18)23-2/h3-10,13,15,17H,11-12,14H2,1-2H3,(H,21,24)/t15-/m1/s1. The molecule has 2 aromatic rings. The van der Waals surface area contributed by atoms with Gasteiger partial charge in [0.25, 0.3) is 0 Å². The fourth-order valence-electron chi connectivity index (χ4n) is 2.91. The van der Waals surface area contributed by atoms with Crippen LogP contribution in [0.4, 0.5) is 5.69 Å². The summed E-state index contributed by atoms with van der Waals surface area (Å²) in [5, 5.41) is 4.15. The van der Waals surface area contributed by atoms with E-state index < -0.39 is 0 Å². The minimum atomic E-state index is 0.441. The topological polar surface area (TPSA) is 24.5 Å². The molecule has 4 heteroatoms. The molecule has 0 unspecified atom stereocenters. The average molecular weight is 340 g/mol. The first kappa shape index (κ1) is 16.8. The molecule has 3 rings (SSSR count). The lowest BCUT2D eigenvalue weighted by Gasteiger charge is -2.32. The molecule has 0 aromatic heterocycles. The van der Waals surface area contributed by atoms with Crippen LogP contribution in [0.15, 0.2) is 54.6 Å². The van der Waals surface area contributed by atoms with Gasteiger partial charge in [0.15, 0.2) is 5.11 Å². The van der Waals surface area contributed by atoms with Crippen LogP contribution in [0.2, 0.25) is 0 Å². The largest absolute Gasteiger partial charge is 0.497 e. The molecule has 0 bridgehead atoms. The van der Waals surface area contributed by atoms with E-state index >= 15 is 0 Å². The predicted octanol–water partition coefficient (Wildman–Crippen LogP) is 4.69. The van der Waals surface area contributed by atoms with E-state index in [1.807, 2.05) is 30.3 Å². The summed E-state index contributed by atoms with van der Waals surface area (Å²) in [5.74, 6) is 1.58. The zero-order chi connectivity index (χ0) is 16.9. The molecule has 1 saturated carbocycles.